The fraction of sp³-hybridized carbons (Fsp3) is 0.214. The molecule has 1 aromatic heterocycles. The number of aryl methyl sites for hydroxylation is 1. The van der Waals surface area contributed by atoms with Gasteiger partial charge in [0.05, 0.1) is 0 Å². The van der Waals surface area contributed by atoms with Crippen LogP contribution in [0.15, 0.2) is 47.8 Å². The first-order valence-electron chi connectivity index (χ1n) is 6.45. The minimum atomic E-state index is -0.188. The molecule has 2 rings (SSSR count). The summed E-state index contributed by atoms with van der Waals surface area (Å²) in [5.41, 5.74) is 6.71. The predicted molar refractivity (Wildman–Crippen MR) is 79.4 cm³/mol. The van der Waals surface area contributed by atoms with Crippen LogP contribution in [0.3, 0.4) is 0 Å². The van der Waals surface area contributed by atoms with E-state index in [1.54, 1.807) is 24.2 Å². The first-order chi connectivity index (χ1) is 10.1. The molecule has 7 heteroatoms. The van der Waals surface area contributed by atoms with Crippen molar-refractivity contribution in [3.05, 3.63) is 48.3 Å². The number of benzene rings is 1. The second-order valence-electron chi connectivity index (χ2n) is 4.47. The molecule has 1 aromatic carbocycles. The maximum absolute atomic E-state index is 12.7. The molecule has 21 heavy (non-hydrogen) atoms. The van der Waals surface area contributed by atoms with Gasteiger partial charge in [-0.3, -0.25) is 9.48 Å². The minimum absolute atomic E-state index is 0.0775. The lowest BCUT2D eigenvalue weighted by atomic mass is 10.2. The van der Waals surface area contributed by atoms with Gasteiger partial charge in [0.15, 0.2) is 0 Å². The van der Waals surface area contributed by atoms with E-state index >= 15 is 0 Å². The zero-order valence-corrected chi connectivity index (χ0v) is 11.7. The molecule has 0 saturated heterocycles. The number of para-hydroxylation sites is 1. The number of amidine groups is 1. The van der Waals surface area contributed by atoms with Gasteiger partial charge in [0.25, 0.3) is 5.91 Å². The zero-order valence-electron chi connectivity index (χ0n) is 11.7. The summed E-state index contributed by atoms with van der Waals surface area (Å²) in [6.07, 6.45) is 1.84. The molecule has 0 radical (unpaired) electrons. The van der Waals surface area contributed by atoms with E-state index in [1.165, 1.54) is 4.68 Å². The number of carbonyl (C=O) groups is 1. The van der Waals surface area contributed by atoms with Gasteiger partial charge in [0, 0.05) is 31.9 Å². The van der Waals surface area contributed by atoms with Crippen LogP contribution in [0, 0.1) is 0 Å². The maximum atomic E-state index is 12.7. The second kappa shape index (κ2) is 6.56. The van der Waals surface area contributed by atoms with Gasteiger partial charge in [-0.1, -0.05) is 23.4 Å². The molecule has 110 valence electrons. The number of nitrogens with two attached hydrogens (primary N) is 1. The Morgan fingerprint density at radius 3 is 2.67 bits per heavy atom. The summed E-state index contributed by atoms with van der Waals surface area (Å²) in [5.74, 6) is -0.110. The Balaban J connectivity index is 2.28. The van der Waals surface area contributed by atoms with Crippen molar-refractivity contribution >= 4 is 17.4 Å². The van der Waals surface area contributed by atoms with Crippen LogP contribution in [0.1, 0.15) is 16.9 Å². The Hall–Kier alpha value is -2.83. The fourth-order valence-corrected chi connectivity index (χ4v) is 1.95. The lowest BCUT2D eigenvalue weighted by Crippen LogP contribution is -2.35. The summed E-state index contributed by atoms with van der Waals surface area (Å²) in [4.78, 5) is 14.2. The van der Waals surface area contributed by atoms with E-state index in [9.17, 15) is 4.79 Å². The van der Waals surface area contributed by atoms with Crippen LogP contribution < -0.4 is 10.6 Å². The molecule has 1 heterocycles. The van der Waals surface area contributed by atoms with Crippen LogP contribution in [0.2, 0.25) is 0 Å². The summed E-state index contributed by atoms with van der Waals surface area (Å²) < 4.78 is 1.52. The molecule has 3 N–H and O–H groups in total. The molecule has 0 aliphatic heterocycles. The van der Waals surface area contributed by atoms with Crippen LogP contribution in [-0.4, -0.2) is 33.3 Å². The Kier molecular flexibility index (Phi) is 4.55. The summed E-state index contributed by atoms with van der Waals surface area (Å²) >= 11 is 0. The molecule has 0 saturated carbocycles. The molecule has 2 aromatic rings. The van der Waals surface area contributed by atoms with Crippen LogP contribution in [0.4, 0.5) is 5.69 Å². The molecule has 0 unspecified atom stereocenters. The van der Waals surface area contributed by atoms with Crippen molar-refractivity contribution < 1.29 is 10.0 Å². The third-order valence-electron chi connectivity index (χ3n) is 3.07. The molecule has 0 spiro atoms. The molecular formula is C14H17N5O2. The van der Waals surface area contributed by atoms with Crippen LogP contribution in [0.25, 0.3) is 0 Å². The van der Waals surface area contributed by atoms with Gasteiger partial charge in [-0.15, -0.1) is 0 Å². The summed E-state index contributed by atoms with van der Waals surface area (Å²) in [5, 5.41) is 15.6. The van der Waals surface area contributed by atoms with Gasteiger partial charge in [0.1, 0.15) is 11.5 Å². The standard InChI is InChI=1S/C14H17N5O2/c1-18-12(7-9-16-18)14(20)19(10-8-13(15)17-21)11-5-3-2-4-6-11/h2-7,9,21H,8,10H2,1H3,(H2,15,17). The number of hydrogen-bond donors (Lipinski definition) is 2. The van der Waals surface area contributed by atoms with Gasteiger partial charge in [0.2, 0.25) is 0 Å². The number of aromatic nitrogens is 2. The van der Waals surface area contributed by atoms with Crippen LogP contribution in [0.5, 0.6) is 0 Å². The monoisotopic (exact) mass is 287 g/mol. The highest BCUT2D eigenvalue weighted by molar-refractivity contribution is 6.05. The van der Waals surface area contributed by atoms with Gasteiger partial charge in [-0.05, 0) is 18.2 Å². The number of oxime groups is 1. The van der Waals surface area contributed by atoms with Crippen LogP contribution in [-0.2, 0) is 7.05 Å². The Morgan fingerprint density at radius 2 is 2.10 bits per heavy atom. The number of carbonyl (C=O) groups excluding carboxylic acids is 1. The number of anilines is 1. The van der Waals surface area contributed by atoms with E-state index in [-0.39, 0.29) is 18.2 Å². The molecule has 0 bridgehead atoms. The fourth-order valence-electron chi connectivity index (χ4n) is 1.95. The highest BCUT2D eigenvalue weighted by Crippen LogP contribution is 2.17. The summed E-state index contributed by atoms with van der Waals surface area (Å²) in [7, 11) is 1.71. The number of nitrogens with zero attached hydrogens (tertiary/aromatic N) is 4. The molecule has 0 fully saturated rings. The number of rotatable bonds is 5. The van der Waals surface area contributed by atoms with E-state index in [1.807, 2.05) is 30.3 Å². The predicted octanol–water partition coefficient (Wildman–Crippen LogP) is 1.20. The van der Waals surface area contributed by atoms with Crippen LogP contribution >= 0.6 is 0 Å². The van der Waals surface area contributed by atoms with Gasteiger partial charge in [-0.25, -0.2) is 0 Å². The molecule has 0 aliphatic carbocycles. The van der Waals surface area contributed by atoms with Crippen molar-refractivity contribution in [1.82, 2.24) is 9.78 Å². The van der Waals surface area contributed by atoms with Gasteiger partial charge >= 0.3 is 0 Å². The first kappa shape index (κ1) is 14.6. The SMILES string of the molecule is Cn1nccc1C(=O)N(CCC(N)=NO)c1ccccc1. The smallest absolute Gasteiger partial charge is 0.276 e. The largest absolute Gasteiger partial charge is 0.409 e. The first-order valence-corrected chi connectivity index (χ1v) is 6.45. The number of amides is 1. The Bertz CT molecular complexity index is 636. The average molecular weight is 287 g/mol. The van der Waals surface area contributed by atoms with Crippen molar-refractivity contribution in [2.45, 2.75) is 6.42 Å². The average Bonchev–Trinajstić information content (AvgIpc) is 2.94. The third kappa shape index (κ3) is 3.38. The van der Waals surface area contributed by atoms with Crippen molar-refractivity contribution in [3.8, 4) is 0 Å². The Morgan fingerprint density at radius 1 is 1.38 bits per heavy atom. The molecule has 0 atom stereocenters. The Labute approximate surface area is 122 Å². The van der Waals surface area contributed by atoms with E-state index in [2.05, 4.69) is 10.3 Å². The second-order valence-corrected chi connectivity index (χ2v) is 4.47. The van der Waals surface area contributed by atoms with Crippen molar-refractivity contribution in [2.75, 3.05) is 11.4 Å². The van der Waals surface area contributed by atoms with Crippen molar-refractivity contribution in [1.29, 1.82) is 0 Å². The van der Waals surface area contributed by atoms with E-state index in [0.717, 1.165) is 5.69 Å². The van der Waals surface area contributed by atoms with Gasteiger partial charge in [-0.2, -0.15) is 5.10 Å². The molecular weight excluding hydrogens is 270 g/mol. The summed E-state index contributed by atoms with van der Waals surface area (Å²) in [6, 6.07) is 10.9. The highest BCUT2D eigenvalue weighted by atomic mass is 16.4. The minimum Gasteiger partial charge on any atom is -0.409 e. The quantitative estimate of drug-likeness (QED) is 0.374. The van der Waals surface area contributed by atoms with E-state index in [0.29, 0.717) is 12.2 Å². The highest BCUT2D eigenvalue weighted by Gasteiger charge is 2.20. The lowest BCUT2D eigenvalue weighted by Gasteiger charge is -2.22. The normalized spacial score (nSPS) is 11.4. The maximum Gasteiger partial charge on any atom is 0.276 e. The molecule has 1 amide bonds. The summed E-state index contributed by atoms with van der Waals surface area (Å²) in [6.45, 7) is 0.309. The van der Waals surface area contributed by atoms with Crippen molar-refractivity contribution in [2.24, 2.45) is 17.9 Å². The van der Waals surface area contributed by atoms with Gasteiger partial charge < -0.3 is 15.8 Å². The topological polar surface area (TPSA) is 96.7 Å². The number of hydrogen-bond acceptors (Lipinski definition) is 4. The van der Waals surface area contributed by atoms with Crippen molar-refractivity contribution in [3.63, 3.8) is 0 Å². The molecule has 0 aliphatic rings. The molecule has 7 nitrogen and oxygen atoms in total. The lowest BCUT2D eigenvalue weighted by molar-refractivity contribution is 0.0978. The van der Waals surface area contributed by atoms with E-state index in [4.69, 9.17) is 10.9 Å². The third-order valence-corrected chi connectivity index (χ3v) is 3.07. The zero-order chi connectivity index (χ0) is 15.2. The van der Waals surface area contributed by atoms with E-state index < -0.39 is 0 Å².